The quantitative estimate of drug-likeness (QED) is 0.845. The van der Waals surface area contributed by atoms with Crippen LogP contribution >= 0.6 is 0 Å². The summed E-state index contributed by atoms with van der Waals surface area (Å²) < 4.78 is 37.2. The van der Waals surface area contributed by atoms with Crippen molar-refractivity contribution in [1.29, 1.82) is 0 Å². The molecule has 1 aromatic carbocycles. The van der Waals surface area contributed by atoms with Crippen LogP contribution in [-0.4, -0.2) is 42.0 Å². The first-order valence-corrected chi connectivity index (χ1v) is 10.1. The second-order valence-electron chi connectivity index (χ2n) is 5.68. The Morgan fingerprint density at radius 2 is 2.14 bits per heavy atom. The molecule has 118 valence electrons. The molecule has 0 aliphatic carbocycles. The molecule has 0 radical (unpaired) electrons. The van der Waals surface area contributed by atoms with Gasteiger partial charge in [0, 0.05) is 24.5 Å². The highest BCUT2D eigenvalue weighted by molar-refractivity contribution is 7.88. The van der Waals surface area contributed by atoms with E-state index in [1.54, 1.807) is 6.07 Å². The highest BCUT2D eigenvalue weighted by Crippen LogP contribution is 2.24. The van der Waals surface area contributed by atoms with Crippen LogP contribution in [0.2, 0.25) is 0 Å². The molecule has 1 aliphatic heterocycles. The SMILES string of the molecule is Cc1ccc(N)c(S(=O)CC2CCCN(S(C)(=O)=O)C2)c1. The number of hydrogen-bond donors (Lipinski definition) is 1. The van der Waals surface area contributed by atoms with Gasteiger partial charge in [0.2, 0.25) is 10.0 Å². The number of anilines is 1. The zero-order valence-electron chi connectivity index (χ0n) is 12.4. The lowest BCUT2D eigenvalue weighted by atomic mass is 10.0. The molecule has 0 bridgehead atoms. The highest BCUT2D eigenvalue weighted by atomic mass is 32.2. The van der Waals surface area contributed by atoms with Gasteiger partial charge in [0.15, 0.2) is 0 Å². The van der Waals surface area contributed by atoms with Gasteiger partial charge in [0.05, 0.1) is 22.0 Å². The molecule has 1 aliphatic rings. The third-order valence-electron chi connectivity index (χ3n) is 3.75. The molecule has 2 unspecified atom stereocenters. The molecule has 1 saturated heterocycles. The molecule has 2 rings (SSSR count). The Morgan fingerprint density at radius 3 is 2.81 bits per heavy atom. The Hall–Kier alpha value is -0.920. The van der Waals surface area contributed by atoms with Gasteiger partial charge in [0.25, 0.3) is 0 Å². The van der Waals surface area contributed by atoms with Crippen LogP contribution in [0.25, 0.3) is 0 Å². The summed E-state index contributed by atoms with van der Waals surface area (Å²) in [4.78, 5) is 0.659. The minimum atomic E-state index is -3.16. The molecule has 2 N–H and O–H groups in total. The van der Waals surface area contributed by atoms with Crippen LogP contribution in [0.1, 0.15) is 18.4 Å². The Labute approximate surface area is 129 Å². The normalized spacial score (nSPS) is 22.1. The average molecular weight is 330 g/mol. The van der Waals surface area contributed by atoms with E-state index in [2.05, 4.69) is 0 Å². The molecule has 0 spiro atoms. The van der Waals surface area contributed by atoms with Crippen LogP contribution in [0.3, 0.4) is 0 Å². The van der Waals surface area contributed by atoms with E-state index in [4.69, 9.17) is 5.73 Å². The van der Waals surface area contributed by atoms with Gasteiger partial charge in [-0.25, -0.2) is 12.7 Å². The molecular weight excluding hydrogens is 308 g/mol. The van der Waals surface area contributed by atoms with Gasteiger partial charge >= 0.3 is 0 Å². The summed E-state index contributed by atoms with van der Waals surface area (Å²) in [6.45, 7) is 2.96. The Balaban J connectivity index is 2.07. The van der Waals surface area contributed by atoms with Crippen molar-refractivity contribution in [2.75, 3.05) is 30.8 Å². The van der Waals surface area contributed by atoms with E-state index in [1.165, 1.54) is 10.6 Å². The van der Waals surface area contributed by atoms with Crippen LogP contribution in [-0.2, 0) is 20.8 Å². The Morgan fingerprint density at radius 1 is 1.43 bits per heavy atom. The predicted octanol–water partition coefficient (Wildman–Crippen LogP) is 1.36. The summed E-state index contributed by atoms with van der Waals surface area (Å²) in [5, 5.41) is 0. The fourth-order valence-electron chi connectivity index (χ4n) is 2.61. The van der Waals surface area contributed by atoms with Crippen LogP contribution in [0.15, 0.2) is 23.1 Å². The van der Waals surface area contributed by atoms with Crippen LogP contribution < -0.4 is 5.73 Å². The van der Waals surface area contributed by atoms with Gasteiger partial charge < -0.3 is 5.73 Å². The zero-order chi connectivity index (χ0) is 15.6. The van der Waals surface area contributed by atoms with Crippen LogP contribution in [0.5, 0.6) is 0 Å². The van der Waals surface area contributed by atoms with E-state index in [-0.39, 0.29) is 5.92 Å². The van der Waals surface area contributed by atoms with Gasteiger partial charge in [0.1, 0.15) is 0 Å². The largest absolute Gasteiger partial charge is 0.398 e. The number of nitrogens with zero attached hydrogens (tertiary/aromatic N) is 1. The molecule has 2 atom stereocenters. The average Bonchev–Trinajstić information content (AvgIpc) is 2.41. The third kappa shape index (κ3) is 4.28. The van der Waals surface area contributed by atoms with E-state index in [9.17, 15) is 12.6 Å². The number of sulfonamides is 1. The maximum absolute atomic E-state index is 12.5. The maximum atomic E-state index is 12.5. The van der Waals surface area contributed by atoms with Gasteiger partial charge in [-0.1, -0.05) is 6.07 Å². The summed E-state index contributed by atoms with van der Waals surface area (Å²) in [5.74, 6) is 0.578. The predicted molar refractivity (Wildman–Crippen MR) is 86.0 cm³/mol. The lowest BCUT2D eigenvalue weighted by molar-refractivity contribution is 0.285. The molecule has 1 heterocycles. The topological polar surface area (TPSA) is 80.5 Å². The highest BCUT2D eigenvalue weighted by Gasteiger charge is 2.27. The van der Waals surface area contributed by atoms with Gasteiger partial charge in [-0.3, -0.25) is 4.21 Å². The number of aryl methyl sites for hydroxylation is 1. The minimum absolute atomic E-state index is 0.120. The van der Waals surface area contributed by atoms with Crippen molar-refractivity contribution in [2.45, 2.75) is 24.7 Å². The lowest BCUT2D eigenvalue weighted by Crippen LogP contribution is -2.40. The fourth-order valence-corrected chi connectivity index (χ4v) is 5.08. The van der Waals surface area contributed by atoms with Crippen molar-refractivity contribution in [1.82, 2.24) is 4.31 Å². The number of piperidine rings is 1. The van der Waals surface area contributed by atoms with Gasteiger partial charge in [-0.05, 0) is 43.4 Å². The third-order valence-corrected chi connectivity index (χ3v) is 6.64. The summed E-state index contributed by atoms with van der Waals surface area (Å²) in [6, 6.07) is 5.51. The zero-order valence-corrected chi connectivity index (χ0v) is 14.0. The molecule has 1 fully saturated rings. The van der Waals surface area contributed by atoms with E-state index in [0.717, 1.165) is 18.4 Å². The maximum Gasteiger partial charge on any atom is 0.211 e. The van der Waals surface area contributed by atoms with Crippen LogP contribution in [0, 0.1) is 12.8 Å². The second kappa shape index (κ2) is 6.46. The van der Waals surface area contributed by atoms with E-state index in [0.29, 0.717) is 29.4 Å². The first-order chi connectivity index (χ1) is 9.77. The molecule has 7 heteroatoms. The first-order valence-electron chi connectivity index (χ1n) is 6.97. The summed E-state index contributed by atoms with van der Waals surface area (Å²) in [5.41, 5.74) is 7.45. The number of rotatable bonds is 4. The van der Waals surface area contributed by atoms with Crippen molar-refractivity contribution in [3.8, 4) is 0 Å². The Bertz CT molecular complexity index is 644. The fraction of sp³-hybridized carbons (Fsp3) is 0.571. The van der Waals surface area contributed by atoms with Crippen molar-refractivity contribution < 1.29 is 12.6 Å². The van der Waals surface area contributed by atoms with Crippen LogP contribution in [0.4, 0.5) is 5.69 Å². The molecule has 0 aromatic heterocycles. The number of benzene rings is 1. The van der Waals surface area contributed by atoms with Gasteiger partial charge in [-0.15, -0.1) is 0 Å². The molecule has 0 amide bonds. The van der Waals surface area contributed by atoms with Crippen molar-refractivity contribution >= 4 is 26.5 Å². The van der Waals surface area contributed by atoms with Gasteiger partial charge in [-0.2, -0.15) is 0 Å². The summed E-state index contributed by atoms with van der Waals surface area (Å²) >= 11 is 0. The lowest BCUT2D eigenvalue weighted by Gasteiger charge is -2.30. The number of nitrogens with two attached hydrogens (primary N) is 1. The van der Waals surface area contributed by atoms with Crippen molar-refractivity contribution in [2.24, 2.45) is 5.92 Å². The molecule has 1 aromatic rings. The monoisotopic (exact) mass is 330 g/mol. The smallest absolute Gasteiger partial charge is 0.211 e. The first kappa shape index (κ1) is 16.5. The molecular formula is C14H22N2O3S2. The van der Waals surface area contributed by atoms with E-state index >= 15 is 0 Å². The van der Waals surface area contributed by atoms with E-state index < -0.39 is 20.8 Å². The molecule has 5 nitrogen and oxygen atoms in total. The number of hydrogen-bond acceptors (Lipinski definition) is 4. The number of nitrogen functional groups attached to an aromatic ring is 1. The molecule has 0 saturated carbocycles. The summed E-state index contributed by atoms with van der Waals surface area (Å²) in [6.07, 6.45) is 2.95. The van der Waals surface area contributed by atoms with Crippen molar-refractivity contribution in [3.63, 3.8) is 0 Å². The second-order valence-corrected chi connectivity index (χ2v) is 9.13. The standard InChI is InChI=1S/C14H22N2O3S2/c1-11-5-6-13(15)14(8-11)20(17)10-12-4-3-7-16(9-12)21(2,18)19/h5-6,8,12H,3-4,7,9-10,15H2,1-2H3. The van der Waals surface area contributed by atoms with E-state index in [1.807, 2.05) is 19.1 Å². The van der Waals surface area contributed by atoms with Crippen molar-refractivity contribution in [3.05, 3.63) is 23.8 Å². The molecule has 21 heavy (non-hydrogen) atoms. The Kier molecular flexibility index (Phi) is 5.06. The minimum Gasteiger partial charge on any atom is -0.398 e. The summed E-state index contributed by atoms with van der Waals surface area (Å²) in [7, 11) is -4.36.